The molecule has 1 unspecified atom stereocenters. The third kappa shape index (κ3) is 5.80. The molecule has 0 aromatic rings. The van der Waals surface area contributed by atoms with E-state index in [0.29, 0.717) is 19.1 Å². The van der Waals surface area contributed by atoms with Gasteiger partial charge in [-0.15, -0.1) is 0 Å². The van der Waals surface area contributed by atoms with Crippen molar-refractivity contribution in [1.82, 2.24) is 10.2 Å². The maximum Gasteiger partial charge on any atom is 0.323 e. The number of likely N-dealkylation sites (N-methyl/N-ethyl adjacent to an activating group) is 1. The van der Waals surface area contributed by atoms with E-state index in [0.717, 1.165) is 19.5 Å². The minimum absolute atomic E-state index is 0.450. The van der Waals surface area contributed by atoms with Crippen LogP contribution in [0.1, 0.15) is 33.6 Å². The highest BCUT2D eigenvalue weighted by Crippen LogP contribution is 2.13. The van der Waals surface area contributed by atoms with Crippen LogP contribution in [0.3, 0.4) is 0 Å². The van der Waals surface area contributed by atoms with Crippen molar-refractivity contribution in [2.75, 3.05) is 33.9 Å². The molecule has 2 N–H and O–H groups in total. The SMILES string of the molecule is CNC(C)(CCCN(CCOC)C(C)C)C(=O)O. The molecule has 0 rings (SSSR count). The molecule has 0 saturated heterocycles. The molecule has 0 aromatic heterocycles. The Morgan fingerprint density at radius 1 is 1.44 bits per heavy atom. The van der Waals surface area contributed by atoms with E-state index in [9.17, 15) is 4.79 Å². The maximum atomic E-state index is 11.1. The van der Waals surface area contributed by atoms with Crippen LogP contribution < -0.4 is 5.32 Å². The number of nitrogens with zero attached hydrogens (tertiary/aromatic N) is 1. The average molecular weight is 260 g/mol. The Kier molecular flexibility index (Phi) is 8.15. The molecule has 0 amide bonds. The summed E-state index contributed by atoms with van der Waals surface area (Å²) in [5, 5.41) is 12.0. The highest BCUT2D eigenvalue weighted by molar-refractivity contribution is 5.78. The average Bonchev–Trinajstić information content (AvgIpc) is 2.32. The van der Waals surface area contributed by atoms with Gasteiger partial charge in [0.05, 0.1) is 6.61 Å². The molecule has 108 valence electrons. The van der Waals surface area contributed by atoms with E-state index >= 15 is 0 Å². The van der Waals surface area contributed by atoms with Crippen LogP contribution in [0.2, 0.25) is 0 Å². The highest BCUT2D eigenvalue weighted by Gasteiger charge is 2.30. The summed E-state index contributed by atoms with van der Waals surface area (Å²) in [6.07, 6.45) is 1.47. The highest BCUT2D eigenvalue weighted by atomic mass is 16.5. The second kappa shape index (κ2) is 8.45. The standard InChI is InChI=1S/C13H28N2O3/c1-11(2)15(9-10-18-5)8-6-7-13(3,14-4)12(16)17/h11,14H,6-10H2,1-5H3,(H,16,17). The van der Waals surface area contributed by atoms with E-state index in [1.165, 1.54) is 0 Å². The molecular formula is C13H28N2O3. The van der Waals surface area contributed by atoms with E-state index in [4.69, 9.17) is 9.84 Å². The van der Waals surface area contributed by atoms with Gasteiger partial charge in [0, 0.05) is 19.7 Å². The number of hydrogen-bond acceptors (Lipinski definition) is 4. The molecule has 5 heteroatoms. The Morgan fingerprint density at radius 2 is 2.06 bits per heavy atom. The zero-order valence-electron chi connectivity index (χ0n) is 12.3. The van der Waals surface area contributed by atoms with Crippen LogP contribution in [0.25, 0.3) is 0 Å². The van der Waals surface area contributed by atoms with Crippen molar-refractivity contribution in [3.8, 4) is 0 Å². The van der Waals surface area contributed by atoms with Gasteiger partial charge in [0.15, 0.2) is 0 Å². The summed E-state index contributed by atoms with van der Waals surface area (Å²) in [6, 6.07) is 0.450. The number of hydrogen-bond donors (Lipinski definition) is 2. The first kappa shape index (κ1) is 17.4. The largest absolute Gasteiger partial charge is 0.480 e. The number of carboxylic acids is 1. The van der Waals surface area contributed by atoms with E-state index in [-0.39, 0.29) is 0 Å². The van der Waals surface area contributed by atoms with Gasteiger partial charge in [0.1, 0.15) is 5.54 Å². The van der Waals surface area contributed by atoms with Crippen LogP contribution in [0.4, 0.5) is 0 Å². The molecular weight excluding hydrogens is 232 g/mol. The number of carbonyl (C=O) groups is 1. The van der Waals surface area contributed by atoms with Gasteiger partial charge < -0.3 is 15.2 Å². The molecule has 5 nitrogen and oxygen atoms in total. The lowest BCUT2D eigenvalue weighted by Gasteiger charge is -2.29. The number of ether oxygens (including phenoxy) is 1. The number of aliphatic carboxylic acids is 1. The van der Waals surface area contributed by atoms with Gasteiger partial charge in [-0.05, 0) is 47.2 Å². The normalized spacial score (nSPS) is 15.1. The minimum Gasteiger partial charge on any atom is -0.480 e. The lowest BCUT2D eigenvalue weighted by molar-refractivity contribution is -0.144. The zero-order chi connectivity index (χ0) is 14.2. The molecule has 0 saturated carbocycles. The van der Waals surface area contributed by atoms with Crippen molar-refractivity contribution in [1.29, 1.82) is 0 Å². The lowest BCUT2D eigenvalue weighted by Crippen LogP contribution is -2.48. The molecule has 1 atom stereocenters. The molecule has 0 aliphatic rings. The Morgan fingerprint density at radius 3 is 2.44 bits per heavy atom. The van der Waals surface area contributed by atoms with Crippen LogP contribution in [0.5, 0.6) is 0 Å². The van der Waals surface area contributed by atoms with Gasteiger partial charge in [0.25, 0.3) is 0 Å². The van der Waals surface area contributed by atoms with Crippen molar-refractivity contribution in [2.45, 2.75) is 45.2 Å². The molecule has 0 aliphatic carbocycles. The monoisotopic (exact) mass is 260 g/mol. The second-order valence-corrected chi connectivity index (χ2v) is 5.11. The van der Waals surface area contributed by atoms with Crippen molar-refractivity contribution >= 4 is 5.97 Å². The Balaban J connectivity index is 4.16. The maximum absolute atomic E-state index is 11.1. The third-order valence-electron chi connectivity index (χ3n) is 3.46. The number of methoxy groups -OCH3 is 1. The summed E-state index contributed by atoms with van der Waals surface area (Å²) >= 11 is 0. The molecule has 0 fully saturated rings. The first-order chi connectivity index (χ1) is 8.37. The fourth-order valence-corrected chi connectivity index (χ4v) is 1.81. The smallest absolute Gasteiger partial charge is 0.323 e. The summed E-state index contributed by atoms with van der Waals surface area (Å²) < 4.78 is 5.08. The van der Waals surface area contributed by atoms with Gasteiger partial charge in [-0.2, -0.15) is 0 Å². The predicted molar refractivity (Wildman–Crippen MR) is 72.9 cm³/mol. The summed E-state index contributed by atoms with van der Waals surface area (Å²) in [5.41, 5.74) is -0.829. The number of carboxylic acid groups (broad SMARTS) is 1. The van der Waals surface area contributed by atoms with Gasteiger partial charge in [-0.1, -0.05) is 0 Å². The molecule has 0 spiro atoms. The van der Waals surface area contributed by atoms with Crippen LogP contribution in [-0.4, -0.2) is 61.4 Å². The van der Waals surface area contributed by atoms with Gasteiger partial charge in [-0.3, -0.25) is 9.69 Å². The second-order valence-electron chi connectivity index (χ2n) is 5.11. The minimum atomic E-state index is -0.829. The summed E-state index contributed by atoms with van der Waals surface area (Å²) in [7, 11) is 3.39. The number of rotatable bonds is 10. The lowest BCUT2D eigenvalue weighted by atomic mass is 9.96. The van der Waals surface area contributed by atoms with Crippen LogP contribution >= 0.6 is 0 Å². The fraction of sp³-hybridized carbons (Fsp3) is 0.923. The van der Waals surface area contributed by atoms with Gasteiger partial charge in [-0.25, -0.2) is 0 Å². The van der Waals surface area contributed by atoms with Crippen LogP contribution in [-0.2, 0) is 9.53 Å². The molecule has 0 aromatic carbocycles. The summed E-state index contributed by atoms with van der Waals surface area (Å²) in [5.74, 6) is -0.794. The third-order valence-corrected chi connectivity index (χ3v) is 3.46. The van der Waals surface area contributed by atoms with Crippen LogP contribution in [0, 0.1) is 0 Å². The van der Waals surface area contributed by atoms with Gasteiger partial charge in [0.2, 0.25) is 0 Å². The first-order valence-corrected chi connectivity index (χ1v) is 6.52. The van der Waals surface area contributed by atoms with Crippen molar-refractivity contribution < 1.29 is 14.6 Å². The molecule has 0 radical (unpaired) electrons. The Hall–Kier alpha value is -0.650. The topological polar surface area (TPSA) is 61.8 Å². The van der Waals surface area contributed by atoms with E-state index in [2.05, 4.69) is 24.1 Å². The molecule has 0 aliphatic heterocycles. The van der Waals surface area contributed by atoms with Crippen molar-refractivity contribution in [2.24, 2.45) is 0 Å². The summed E-state index contributed by atoms with van der Waals surface area (Å²) in [6.45, 7) is 8.50. The molecule has 0 bridgehead atoms. The first-order valence-electron chi connectivity index (χ1n) is 6.52. The fourth-order valence-electron chi connectivity index (χ4n) is 1.81. The van der Waals surface area contributed by atoms with Crippen molar-refractivity contribution in [3.05, 3.63) is 0 Å². The quantitative estimate of drug-likeness (QED) is 0.618. The van der Waals surface area contributed by atoms with E-state index < -0.39 is 11.5 Å². The Labute approximate surface area is 110 Å². The summed E-state index contributed by atoms with van der Waals surface area (Å²) in [4.78, 5) is 13.4. The Bertz CT molecular complexity index is 246. The zero-order valence-corrected chi connectivity index (χ0v) is 12.3. The molecule has 0 heterocycles. The molecule has 18 heavy (non-hydrogen) atoms. The van der Waals surface area contributed by atoms with E-state index in [1.807, 2.05) is 0 Å². The van der Waals surface area contributed by atoms with Crippen LogP contribution in [0.15, 0.2) is 0 Å². The van der Waals surface area contributed by atoms with E-state index in [1.54, 1.807) is 21.1 Å². The number of nitrogens with one attached hydrogen (secondary N) is 1. The van der Waals surface area contributed by atoms with Crippen molar-refractivity contribution in [3.63, 3.8) is 0 Å². The van der Waals surface area contributed by atoms with Gasteiger partial charge >= 0.3 is 5.97 Å². The predicted octanol–water partition coefficient (Wildman–Crippen LogP) is 1.19.